The van der Waals surface area contributed by atoms with Gasteiger partial charge in [0.15, 0.2) is 11.5 Å². The van der Waals surface area contributed by atoms with Crippen LogP contribution in [0.3, 0.4) is 0 Å². The lowest BCUT2D eigenvalue weighted by Gasteiger charge is -2.39. The van der Waals surface area contributed by atoms with Gasteiger partial charge in [-0.2, -0.15) is 0 Å². The molecule has 8 heteroatoms. The lowest BCUT2D eigenvalue weighted by Crippen LogP contribution is -2.47. The van der Waals surface area contributed by atoms with Gasteiger partial charge in [-0.15, -0.1) is 11.3 Å². The predicted octanol–water partition coefficient (Wildman–Crippen LogP) is 3.78. The summed E-state index contributed by atoms with van der Waals surface area (Å²) in [7, 11) is 0. The number of amides is 1. The molecule has 0 saturated carbocycles. The molecule has 150 valence electrons. The molecule has 1 aromatic carbocycles. The minimum absolute atomic E-state index is 0.0378. The average molecular weight is 411 g/mol. The predicted molar refractivity (Wildman–Crippen MR) is 108 cm³/mol. The third-order valence-electron chi connectivity index (χ3n) is 5.45. The fraction of sp³-hybridized carbons (Fsp3) is 0.333. The second-order valence-electron chi connectivity index (χ2n) is 7.14. The van der Waals surface area contributed by atoms with E-state index in [2.05, 4.69) is 16.0 Å². The van der Waals surface area contributed by atoms with E-state index in [1.54, 1.807) is 17.2 Å². The van der Waals surface area contributed by atoms with Gasteiger partial charge in [-0.25, -0.2) is 4.98 Å². The summed E-state index contributed by atoms with van der Waals surface area (Å²) >= 11 is 1.43. The van der Waals surface area contributed by atoms with E-state index in [1.165, 1.54) is 11.3 Å². The molecule has 2 aliphatic heterocycles. The van der Waals surface area contributed by atoms with Crippen LogP contribution in [-0.2, 0) is 6.54 Å². The lowest BCUT2D eigenvalue weighted by atomic mass is 10.0. The van der Waals surface area contributed by atoms with Crippen LogP contribution in [0.2, 0.25) is 0 Å². The summed E-state index contributed by atoms with van der Waals surface area (Å²) in [6.45, 7) is 2.46. The number of carbonyl (C=O) groups excluding carboxylic acids is 1. The molecule has 0 radical (unpaired) electrons. The van der Waals surface area contributed by atoms with Crippen molar-refractivity contribution in [3.8, 4) is 11.5 Å². The third kappa shape index (κ3) is 3.67. The number of anilines is 1. The summed E-state index contributed by atoms with van der Waals surface area (Å²) in [5, 5.41) is 1.80. The van der Waals surface area contributed by atoms with Crippen LogP contribution >= 0.6 is 11.3 Å². The maximum atomic E-state index is 13.1. The highest BCUT2D eigenvalue weighted by Crippen LogP contribution is 2.36. The van der Waals surface area contributed by atoms with E-state index in [9.17, 15) is 4.79 Å². The van der Waals surface area contributed by atoms with Crippen LogP contribution in [0, 0.1) is 0 Å². The fourth-order valence-corrected chi connectivity index (χ4v) is 4.45. The topological polar surface area (TPSA) is 68.0 Å². The Morgan fingerprint density at radius 2 is 2.07 bits per heavy atom. The quantitative estimate of drug-likeness (QED) is 0.637. The Kier molecular flexibility index (Phi) is 4.85. The molecule has 4 heterocycles. The first-order chi connectivity index (χ1) is 14.3. The van der Waals surface area contributed by atoms with E-state index in [4.69, 9.17) is 13.9 Å². The molecule has 0 bridgehead atoms. The van der Waals surface area contributed by atoms with Crippen molar-refractivity contribution in [1.29, 1.82) is 0 Å². The molecule has 5 rings (SSSR count). The van der Waals surface area contributed by atoms with E-state index in [1.807, 2.05) is 29.2 Å². The van der Waals surface area contributed by atoms with Crippen molar-refractivity contribution in [2.75, 3.05) is 24.8 Å². The Labute approximate surface area is 172 Å². The number of ether oxygens (including phenoxy) is 2. The Hall–Kier alpha value is -3.00. The van der Waals surface area contributed by atoms with Gasteiger partial charge in [-0.05, 0) is 37.1 Å². The number of rotatable bonds is 5. The zero-order chi connectivity index (χ0) is 19.6. The molecule has 0 N–H and O–H groups in total. The van der Waals surface area contributed by atoms with E-state index >= 15 is 0 Å². The van der Waals surface area contributed by atoms with Crippen LogP contribution in [-0.4, -0.2) is 41.7 Å². The van der Waals surface area contributed by atoms with Crippen LogP contribution in [0.15, 0.2) is 51.9 Å². The van der Waals surface area contributed by atoms with E-state index < -0.39 is 0 Å². The van der Waals surface area contributed by atoms with Crippen molar-refractivity contribution in [2.45, 2.75) is 25.4 Å². The number of hydrogen-bond donors (Lipinski definition) is 0. The molecule has 1 saturated heterocycles. The number of aromatic nitrogens is 1. The molecular formula is C21H21N3O4S. The van der Waals surface area contributed by atoms with Crippen molar-refractivity contribution in [2.24, 2.45) is 0 Å². The first-order valence-electron chi connectivity index (χ1n) is 9.64. The molecule has 2 aromatic heterocycles. The number of furan rings is 1. The molecule has 0 unspecified atom stereocenters. The average Bonchev–Trinajstić information content (AvgIpc) is 3.54. The number of nitrogens with zero attached hydrogens (tertiary/aromatic N) is 3. The van der Waals surface area contributed by atoms with E-state index in [0.29, 0.717) is 12.2 Å². The molecule has 0 atom stereocenters. The molecule has 1 amide bonds. The summed E-state index contributed by atoms with van der Waals surface area (Å²) in [5.74, 6) is 2.33. The van der Waals surface area contributed by atoms with Gasteiger partial charge in [-0.1, -0.05) is 0 Å². The van der Waals surface area contributed by atoms with Gasteiger partial charge in [0.05, 0.1) is 18.3 Å². The number of piperidine rings is 1. The Morgan fingerprint density at radius 1 is 1.21 bits per heavy atom. The summed E-state index contributed by atoms with van der Waals surface area (Å²) in [6.07, 6.45) is 3.40. The van der Waals surface area contributed by atoms with Gasteiger partial charge in [0.2, 0.25) is 6.79 Å². The number of thiazole rings is 1. The summed E-state index contributed by atoms with van der Waals surface area (Å²) in [5.41, 5.74) is 3.32. The monoisotopic (exact) mass is 411 g/mol. The Balaban J connectivity index is 1.30. The largest absolute Gasteiger partial charge is 0.467 e. The van der Waals surface area contributed by atoms with Crippen molar-refractivity contribution in [3.63, 3.8) is 0 Å². The van der Waals surface area contributed by atoms with Crippen LogP contribution in [0.1, 0.15) is 29.1 Å². The van der Waals surface area contributed by atoms with Gasteiger partial charge in [0.1, 0.15) is 11.5 Å². The van der Waals surface area contributed by atoms with Crippen molar-refractivity contribution >= 4 is 22.9 Å². The van der Waals surface area contributed by atoms with E-state index in [-0.39, 0.29) is 18.7 Å². The number of carbonyl (C=O) groups is 1. The highest BCUT2D eigenvalue weighted by atomic mass is 32.1. The van der Waals surface area contributed by atoms with Crippen LogP contribution in [0.5, 0.6) is 11.5 Å². The second kappa shape index (κ2) is 7.79. The number of benzene rings is 1. The lowest BCUT2D eigenvalue weighted by molar-refractivity contribution is 0.0608. The highest BCUT2D eigenvalue weighted by molar-refractivity contribution is 7.07. The van der Waals surface area contributed by atoms with E-state index in [0.717, 1.165) is 48.9 Å². The van der Waals surface area contributed by atoms with Crippen LogP contribution < -0.4 is 14.4 Å². The zero-order valence-electron chi connectivity index (χ0n) is 15.8. The standard InChI is InChI=1S/C21H21N3O4S/c25-21(18-12-29-13-22-18)24(11-17-2-1-9-26-17)15-5-7-23(8-6-15)16-3-4-19-20(10-16)28-14-27-19/h1-4,9-10,12-13,15H,5-8,11,14H2. The summed E-state index contributed by atoms with van der Waals surface area (Å²) < 4.78 is 16.4. The molecule has 2 aliphatic rings. The Morgan fingerprint density at radius 3 is 2.83 bits per heavy atom. The smallest absolute Gasteiger partial charge is 0.273 e. The summed E-state index contributed by atoms with van der Waals surface area (Å²) in [6, 6.07) is 9.95. The molecule has 29 heavy (non-hydrogen) atoms. The van der Waals surface area contributed by atoms with Crippen LogP contribution in [0.25, 0.3) is 0 Å². The molecular weight excluding hydrogens is 390 g/mol. The second-order valence-corrected chi connectivity index (χ2v) is 7.86. The first-order valence-corrected chi connectivity index (χ1v) is 10.6. The van der Waals surface area contributed by atoms with Crippen molar-refractivity contribution in [1.82, 2.24) is 9.88 Å². The maximum absolute atomic E-state index is 13.1. The molecule has 0 aliphatic carbocycles. The zero-order valence-corrected chi connectivity index (χ0v) is 16.6. The summed E-state index contributed by atoms with van der Waals surface area (Å²) in [4.78, 5) is 21.6. The fourth-order valence-electron chi connectivity index (χ4n) is 3.92. The SMILES string of the molecule is O=C(c1cscn1)N(Cc1ccco1)C1CCN(c2ccc3c(c2)OCO3)CC1. The van der Waals surface area contributed by atoms with Gasteiger partial charge in [0, 0.05) is 36.3 Å². The van der Waals surface area contributed by atoms with Gasteiger partial charge < -0.3 is 23.7 Å². The third-order valence-corrected chi connectivity index (χ3v) is 6.03. The highest BCUT2D eigenvalue weighted by Gasteiger charge is 2.30. The minimum atomic E-state index is -0.0378. The first kappa shape index (κ1) is 18.1. The molecule has 3 aromatic rings. The van der Waals surface area contributed by atoms with Gasteiger partial charge in [-0.3, -0.25) is 4.79 Å². The normalized spacial score (nSPS) is 16.2. The van der Waals surface area contributed by atoms with Crippen molar-refractivity contribution in [3.05, 3.63) is 58.9 Å². The molecule has 0 spiro atoms. The molecule has 7 nitrogen and oxygen atoms in total. The van der Waals surface area contributed by atoms with Gasteiger partial charge in [0.25, 0.3) is 5.91 Å². The Bertz CT molecular complexity index is 966. The van der Waals surface area contributed by atoms with Gasteiger partial charge >= 0.3 is 0 Å². The maximum Gasteiger partial charge on any atom is 0.273 e. The van der Waals surface area contributed by atoms with Crippen LogP contribution in [0.4, 0.5) is 5.69 Å². The number of fused-ring (bicyclic) bond motifs is 1. The number of hydrogen-bond acceptors (Lipinski definition) is 7. The van der Waals surface area contributed by atoms with Crippen molar-refractivity contribution < 1.29 is 18.7 Å². The minimum Gasteiger partial charge on any atom is -0.467 e. The molecule has 1 fully saturated rings.